The number of aromatic hydroxyl groups is 1. The summed E-state index contributed by atoms with van der Waals surface area (Å²) in [5.74, 6) is -0.483. The first-order valence-electron chi connectivity index (χ1n) is 5.93. The minimum atomic E-state index is -0.364. The van der Waals surface area contributed by atoms with Crippen molar-refractivity contribution in [1.82, 2.24) is 0 Å². The van der Waals surface area contributed by atoms with Gasteiger partial charge in [0.1, 0.15) is 5.82 Å². The molecule has 5 heteroatoms. The molecule has 0 saturated carbocycles. The van der Waals surface area contributed by atoms with Crippen LogP contribution in [-0.4, -0.2) is 25.2 Å². The molecule has 1 N–H and O–H groups in total. The molecule has 0 atom stereocenters. The molecule has 0 radical (unpaired) electrons. The number of carbonyl (C=O) groups is 1. The minimum Gasteiger partial charge on any atom is -0.504 e. The zero-order valence-corrected chi connectivity index (χ0v) is 11.1. The normalized spacial score (nSPS) is 10.2. The lowest BCUT2D eigenvalue weighted by molar-refractivity contribution is 0.0992. The van der Waals surface area contributed by atoms with Gasteiger partial charge in [-0.2, -0.15) is 0 Å². The molecule has 0 aliphatic rings. The number of amides is 1. The quantitative estimate of drug-likeness (QED) is 0.937. The second-order valence-corrected chi connectivity index (χ2v) is 4.23. The lowest BCUT2D eigenvalue weighted by atomic mass is 10.1. The van der Waals surface area contributed by atoms with E-state index < -0.39 is 0 Å². The number of halogens is 1. The third-order valence-electron chi connectivity index (χ3n) is 2.94. The molecule has 0 saturated heterocycles. The topological polar surface area (TPSA) is 49.8 Å². The number of nitrogens with zero attached hydrogens (tertiary/aromatic N) is 1. The molecule has 0 spiro atoms. The SMILES string of the molecule is COc1ccc(C(=O)N(C)c2ccc(F)cc2)cc1O. The van der Waals surface area contributed by atoms with E-state index in [1.54, 1.807) is 13.1 Å². The Morgan fingerprint density at radius 3 is 2.40 bits per heavy atom. The molecule has 0 heterocycles. The number of phenolic OH excluding ortho intramolecular Hbond substituents is 1. The van der Waals surface area contributed by atoms with Crippen LogP contribution in [0.4, 0.5) is 10.1 Å². The Hall–Kier alpha value is -2.56. The Kier molecular flexibility index (Phi) is 3.89. The zero-order chi connectivity index (χ0) is 14.7. The summed E-state index contributed by atoms with van der Waals surface area (Å²) in [7, 11) is 3.01. The first-order chi connectivity index (χ1) is 9.52. The van der Waals surface area contributed by atoms with Crippen molar-refractivity contribution < 1.29 is 19.0 Å². The van der Waals surface area contributed by atoms with Crippen molar-refractivity contribution in [2.75, 3.05) is 19.1 Å². The molecule has 2 aromatic rings. The standard InChI is InChI=1S/C15H14FNO3/c1-17(12-6-4-11(16)5-7-12)15(19)10-3-8-14(20-2)13(18)9-10/h3-9,18H,1-2H3. The molecular weight excluding hydrogens is 261 g/mol. The lowest BCUT2D eigenvalue weighted by Crippen LogP contribution is -2.26. The second-order valence-electron chi connectivity index (χ2n) is 4.23. The van der Waals surface area contributed by atoms with Crippen molar-refractivity contribution in [1.29, 1.82) is 0 Å². The Bertz CT molecular complexity index is 626. The Morgan fingerprint density at radius 1 is 1.20 bits per heavy atom. The molecule has 0 bridgehead atoms. The molecule has 2 rings (SSSR count). The van der Waals surface area contributed by atoms with Crippen LogP contribution in [0, 0.1) is 5.82 Å². The van der Waals surface area contributed by atoms with E-state index in [0.717, 1.165) is 0 Å². The third-order valence-corrected chi connectivity index (χ3v) is 2.94. The highest BCUT2D eigenvalue weighted by Crippen LogP contribution is 2.27. The Morgan fingerprint density at radius 2 is 1.85 bits per heavy atom. The molecule has 1 amide bonds. The lowest BCUT2D eigenvalue weighted by Gasteiger charge is -2.17. The van der Waals surface area contributed by atoms with Gasteiger partial charge in [-0.25, -0.2) is 4.39 Å². The first-order valence-corrected chi connectivity index (χ1v) is 5.93. The molecule has 2 aromatic carbocycles. The van der Waals surface area contributed by atoms with E-state index in [0.29, 0.717) is 17.0 Å². The first kappa shape index (κ1) is 13.9. The maximum atomic E-state index is 12.9. The summed E-state index contributed by atoms with van der Waals surface area (Å²) in [5, 5.41) is 9.68. The van der Waals surface area contributed by atoms with E-state index in [4.69, 9.17) is 4.74 Å². The number of anilines is 1. The van der Waals surface area contributed by atoms with Crippen molar-refractivity contribution in [2.45, 2.75) is 0 Å². The zero-order valence-electron chi connectivity index (χ0n) is 11.1. The highest BCUT2D eigenvalue weighted by Gasteiger charge is 2.15. The van der Waals surface area contributed by atoms with E-state index in [1.165, 1.54) is 48.4 Å². The monoisotopic (exact) mass is 275 g/mol. The number of phenols is 1. The highest BCUT2D eigenvalue weighted by atomic mass is 19.1. The molecule has 0 fully saturated rings. The molecule has 0 unspecified atom stereocenters. The smallest absolute Gasteiger partial charge is 0.258 e. The van der Waals surface area contributed by atoms with Gasteiger partial charge in [-0.1, -0.05) is 0 Å². The van der Waals surface area contributed by atoms with Gasteiger partial charge in [-0.3, -0.25) is 4.79 Å². The predicted octanol–water partition coefficient (Wildman–Crippen LogP) is 2.82. The van der Waals surface area contributed by atoms with E-state index in [9.17, 15) is 14.3 Å². The van der Waals surface area contributed by atoms with Crippen LogP contribution in [0.1, 0.15) is 10.4 Å². The molecule has 104 valence electrons. The number of benzene rings is 2. The van der Waals surface area contributed by atoms with Crippen LogP contribution in [0.5, 0.6) is 11.5 Å². The van der Waals surface area contributed by atoms with Crippen molar-refractivity contribution in [3.8, 4) is 11.5 Å². The summed E-state index contributed by atoms with van der Waals surface area (Å²) < 4.78 is 17.8. The van der Waals surface area contributed by atoms with Gasteiger partial charge in [0.2, 0.25) is 0 Å². The van der Waals surface area contributed by atoms with E-state index in [2.05, 4.69) is 0 Å². The highest BCUT2D eigenvalue weighted by molar-refractivity contribution is 6.06. The van der Waals surface area contributed by atoms with Crippen LogP contribution in [0.3, 0.4) is 0 Å². The average Bonchev–Trinajstić information content (AvgIpc) is 2.46. The summed E-state index contributed by atoms with van der Waals surface area (Å²) in [6, 6.07) is 9.99. The number of methoxy groups -OCH3 is 1. The molecular formula is C15H14FNO3. The number of hydrogen-bond acceptors (Lipinski definition) is 3. The average molecular weight is 275 g/mol. The third kappa shape index (κ3) is 2.71. The van der Waals surface area contributed by atoms with E-state index in [-0.39, 0.29) is 17.5 Å². The number of carbonyl (C=O) groups excluding carboxylic acids is 1. The van der Waals surface area contributed by atoms with Gasteiger partial charge in [-0.15, -0.1) is 0 Å². The summed E-state index contributed by atoms with van der Waals surface area (Å²) in [4.78, 5) is 13.6. The fraction of sp³-hybridized carbons (Fsp3) is 0.133. The van der Waals surface area contributed by atoms with Gasteiger partial charge < -0.3 is 14.7 Å². The Balaban J connectivity index is 2.26. The maximum absolute atomic E-state index is 12.9. The summed E-state index contributed by atoms with van der Waals surface area (Å²) >= 11 is 0. The van der Waals surface area contributed by atoms with Gasteiger partial charge in [0.25, 0.3) is 5.91 Å². The fourth-order valence-corrected chi connectivity index (χ4v) is 1.80. The van der Waals surface area contributed by atoms with Crippen molar-refractivity contribution >= 4 is 11.6 Å². The van der Waals surface area contributed by atoms with Crippen LogP contribution in [0.25, 0.3) is 0 Å². The van der Waals surface area contributed by atoms with Crippen molar-refractivity contribution in [3.63, 3.8) is 0 Å². The van der Waals surface area contributed by atoms with Gasteiger partial charge >= 0.3 is 0 Å². The summed E-state index contributed by atoms with van der Waals surface area (Å²) in [6.45, 7) is 0. The predicted molar refractivity (Wildman–Crippen MR) is 73.8 cm³/mol. The number of hydrogen-bond donors (Lipinski definition) is 1. The largest absolute Gasteiger partial charge is 0.504 e. The molecule has 0 aliphatic carbocycles. The number of rotatable bonds is 3. The molecule has 20 heavy (non-hydrogen) atoms. The fourth-order valence-electron chi connectivity index (χ4n) is 1.80. The van der Waals surface area contributed by atoms with Crippen LogP contribution in [0.2, 0.25) is 0 Å². The van der Waals surface area contributed by atoms with Gasteiger partial charge in [0, 0.05) is 18.3 Å². The van der Waals surface area contributed by atoms with Gasteiger partial charge in [0.05, 0.1) is 7.11 Å². The maximum Gasteiger partial charge on any atom is 0.258 e. The van der Waals surface area contributed by atoms with Gasteiger partial charge in [-0.05, 0) is 42.5 Å². The molecule has 0 aromatic heterocycles. The van der Waals surface area contributed by atoms with Crippen LogP contribution in [0.15, 0.2) is 42.5 Å². The van der Waals surface area contributed by atoms with Crippen LogP contribution in [-0.2, 0) is 0 Å². The molecule has 4 nitrogen and oxygen atoms in total. The van der Waals surface area contributed by atoms with Crippen molar-refractivity contribution in [2.24, 2.45) is 0 Å². The minimum absolute atomic E-state index is 0.106. The second kappa shape index (κ2) is 5.61. The van der Waals surface area contributed by atoms with E-state index in [1.807, 2.05) is 0 Å². The number of ether oxygens (including phenoxy) is 1. The Labute approximate surface area is 116 Å². The van der Waals surface area contributed by atoms with Crippen LogP contribution < -0.4 is 9.64 Å². The summed E-state index contributed by atoms with van der Waals surface area (Å²) in [5.41, 5.74) is 0.877. The van der Waals surface area contributed by atoms with E-state index >= 15 is 0 Å². The molecule has 0 aliphatic heterocycles. The van der Waals surface area contributed by atoms with Gasteiger partial charge in [0.15, 0.2) is 11.5 Å². The summed E-state index contributed by atoms with van der Waals surface area (Å²) in [6.07, 6.45) is 0. The van der Waals surface area contributed by atoms with Crippen molar-refractivity contribution in [3.05, 3.63) is 53.8 Å². The van der Waals surface area contributed by atoms with Crippen LogP contribution >= 0.6 is 0 Å².